The first-order valence-electron chi connectivity index (χ1n) is 5.86. The molecule has 96 valence electrons. The zero-order valence-corrected chi connectivity index (χ0v) is 11.0. The summed E-state index contributed by atoms with van der Waals surface area (Å²) in [5.74, 6) is 1.83. The molecule has 5 heteroatoms. The molecule has 0 aliphatic rings. The molecule has 0 bridgehead atoms. The fourth-order valence-corrected chi connectivity index (χ4v) is 1.85. The number of hydrogen-bond donors (Lipinski definition) is 1. The van der Waals surface area contributed by atoms with Gasteiger partial charge < -0.3 is 14.6 Å². The molecule has 0 saturated carbocycles. The molecule has 0 aliphatic carbocycles. The van der Waals surface area contributed by atoms with Gasteiger partial charge in [0.25, 0.3) is 0 Å². The summed E-state index contributed by atoms with van der Waals surface area (Å²) in [6.45, 7) is 2.65. The van der Waals surface area contributed by atoms with Crippen molar-refractivity contribution >= 4 is 5.82 Å². The van der Waals surface area contributed by atoms with Gasteiger partial charge in [0, 0.05) is 32.2 Å². The van der Waals surface area contributed by atoms with Crippen molar-refractivity contribution < 1.29 is 5.11 Å². The third-order valence-electron chi connectivity index (χ3n) is 2.87. The number of aliphatic hydroxyl groups is 1. The summed E-state index contributed by atoms with van der Waals surface area (Å²) in [4.78, 5) is 10.8. The van der Waals surface area contributed by atoms with Gasteiger partial charge in [-0.05, 0) is 24.6 Å². The number of pyridine rings is 1. The maximum atomic E-state index is 9.21. The number of aryl methyl sites for hydroxylation is 2. The van der Waals surface area contributed by atoms with E-state index in [1.807, 2.05) is 48.8 Å². The van der Waals surface area contributed by atoms with E-state index in [0.29, 0.717) is 6.54 Å². The summed E-state index contributed by atoms with van der Waals surface area (Å²) in [5.41, 5.74) is 1.78. The molecule has 2 aromatic rings. The Kier molecular flexibility index (Phi) is 3.62. The van der Waals surface area contributed by atoms with Crippen LogP contribution >= 0.6 is 0 Å². The van der Waals surface area contributed by atoms with E-state index in [4.69, 9.17) is 0 Å². The van der Waals surface area contributed by atoms with Crippen molar-refractivity contribution in [2.45, 2.75) is 20.1 Å². The van der Waals surface area contributed by atoms with E-state index < -0.39 is 0 Å². The maximum absolute atomic E-state index is 9.21. The summed E-state index contributed by atoms with van der Waals surface area (Å²) >= 11 is 0. The summed E-state index contributed by atoms with van der Waals surface area (Å²) in [6.07, 6.45) is 3.71. The Morgan fingerprint density at radius 2 is 2.17 bits per heavy atom. The number of hydrogen-bond acceptors (Lipinski definition) is 4. The Morgan fingerprint density at radius 1 is 1.39 bits per heavy atom. The molecule has 0 amide bonds. The van der Waals surface area contributed by atoms with Crippen LogP contribution in [0.25, 0.3) is 0 Å². The van der Waals surface area contributed by atoms with Gasteiger partial charge in [-0.15, -0.1) is 0 Å². The Hall–Kier alpha value is -1.88. The normalized spacial score (nSPS) is 10.7. The molecule has 0 saturated heterocycles. The van der Waals surface area contributed by atoms with E-state index in [1.54, 1.807) is 6.20 Å². The number of anilines is 1. The number of aromatic nitrogens is 3. The number of aliphatic hydroxyl groups excluding tert-OH is 1. The maximum Gasteiger partial charge on any atom is 0.129 e. The molecule has 2 aromatic heterocycles. The molecule has 18 heavy (non-hydrogen) atoms. The van der Waals surface area contributed by atoms with Crippen LogP contribution in [0.4, 0.5) is 5.82 Å². The highest BCUT2D eigenvalue weighted by Gasteiger charge is 2.08. The Labute approximate surface area is 107 Å². The van der Waals surface area contributed by atoms with E-state index in [1.165, 1.54) is 0 Å². The third-order valence-corrected chi connectivity index (χ3v) is 2.87. The van der Waals surface area contributed by atoms with Crippen molar-refractivity contribution in [1.29, 1.82) is 0 Å². The van der Waals surface area contributed by atoms with Crippen LogP contribution < -0.4 is 4.90 Å². The molecule has 0 aliphatic heterocycles. The first-order valence-corrected chi connectivity index (χ1v) is 5.86. The van der Waals surface area contributed by atoms with E-state index in [-0.39, 0.29) is 6.61 Å². The van der Waals surface area contributed by atoms with Crippen LogP contribution in [0.15, 0.2) is 24.5 Å². The monoisotopic (exact) mass is 246 g/mol. The lowest BCUT2D eigenvalue weighted by molar-refractivity contribution is 0.281. The molecule has 2 heterocycles. The van der Waals surface area contributed by atoms with Crippen molar-refractivity contribution in [2.75, 3.05) is 11.9 Å². The highest BCUT2D eigenvalue weighted by Crippen LogP contribution is 2.15. The predicted molar refractivity (Wildman–Crippen MR) is 70.2 cm³/mol. The van der Waals surface area contributed by atoms with Crippen molar-refractivity contribution in [2.24, 2.45) is 7.05 Å². The lowest BCUT2D eigenvalue weighted by Gasteiger charge is -2.19. The van der Waals surface area contributed by atoms with E-state index in [9.17, 15) is 5.11 Å². The molecule has 5 nitrogen and oxygen atoms in total. The van der Waals surface area contributed by atoms with Gasteiger partial charge in [0.05, 0.1) is 13.2 Å². The minimum atomic E-state index is 0.0343. The van der Waals surface area contributed by atoms with Crippen molar-refractivity contribution in [3.8, 4) is 0 Å². The quantitative estimate of drug-likeness (QED) is 0.882. The van der Waals surface area contributed by atoms with Crippen molar-refractivity contribution in [1.82, 2.24) is 14.5 Å². The van der Waals surface area contributed by atoms with Crippen LogP contribution in [0, 0.1) is 6.92 Å². The lowest BCUT2D eigenvalue weighted by Crippen LogP contribution is -2.20. The fraction of sp³-hybridized carbons (Fsp3) is 0.385. The number of imidazole rings is 1. The molecular weight excluding hydrogens is 228 g/mol. The van der Waals surface area contributed by atoms with E-state index in [0.717, 1.165) is 22.9 Å². The summed E-state index contributed by atoms with van der Waals surface area (Å²) in [6, 6.07) is 3.79. The molecule has 0 fully saturated rings. The average molecular weight is 246 g/mol. The van der Waals surface area contributed by atoms with Gasteiger partial charge in [0.15, 0.2) is 0 Å². The first kappa shape index (κ1) is 12.6. The van der Waals surface area contributed by atoms with Crippen LogP contribution in [0.3, 0.4) is 0 Å². The zero-order chi connectivity index (χ0) is 13.1. The second kappa shape index (κ2) is 5.18. The second-order valence-electron chi connectivity index (χ2n) is 4.44. The smallest absolute Gasteiger partial charge is 0.129 e. The van der Waals surface area contributed by atoms with Crippen molar-refractivity contribution in [3.05, 3.63) is 41.6 Å². The van der Waals surface area contributed by atoms with Crippen LogP contribution in [0.1, 0.15) is 17.1 Å². The van der Waals surface area contributed by atoms with E-state index >= 15 is 0 Å². The molecule has 0 spiro atoms. The van der Waals surface area contributed by atoms with Gasteiger partial charge in [-0.25, -0.2) is 9.97 Å². The highest BCUT2D eigenvalue weighted by atomic mass is 16.3. The van der Waals surface area contributed by atoms with Gasteiger partial charge >= 0.3 is 0 Å². The molecular formula is C13H18N4O. The van der Waals surface area contributed by atoms with Crippen LogP contribution in [0.2, 0.25) is 0 Å². The van der Waals surface area contributed by atoms with Crippen molar-refractivity contribution in [3.63, 3.8) is 0 Å². The minimum absolute atomic E-state index is 0.0343. The number of nitrogens with zero attached hydrogens (tertiary/aromatic N) is 4. The average Bonchev–Trinajstić information content (AvgIpc) is 2.74. The Bertz CT molecular complexity index is 536. The van der Waals surface area contributed by atoms with Gasteiger partial charge in [0.2, 0.25) is 0 Å². The zero-order valence-electron chi connectivity index (χ0n) is 11.0. The van der Waals surface area contributed by atoms with Crippen LogP contribution in [-0.4, -0.2) is 26.7 Å². The fourth-order valence-electron chi connectivity index (χ4n) is 1.85. The lowest BCUT2D eigenvalue weighted by atomic mass is 10.2. The van der Waals surface area contributed by atoms with Crippen LogP contribution in [0.5, 0.6) is 0 Å². The highest BCUT2D eigenvalue weighted by molar-refractivity contribution is 5.41. The molecule has 0 radical (unpaired) electrons. The van der Waals surface area contributed by atoms with Crippen LogP contribution in [-0.2, 0) is 20.2 Å². The molecule has 2 rings (SSSR count). The first-order chi connectivity index (χ1) is 8.60. The van der Waals surface area contributed by atoms with Gasteiger partial charge in [-0.2, -0.15) is 0 Å². The standard InChI is InChI=1S/C13H18N4O/c1-10-6-11(9-18)7-12(15-10)17(3)8-13-14-4-5-16(13)2/h4-7,18H,8-9H2,1-3H3. The summed E-state index contributed by atoms with van der Waals surface area (Å²) < 4.78 is 1.99. The third kappa shape index (κ3) is 2.68. The molecule has 1 N–H and O–H groups in total. The summed E-state index contributed by atoms with van der Waals surface area (Å²) in [5, 5.41) is 9.21. The summed E-state index contributed by atoms with van der Waals surface area (Å²) in [7, 11) is 3.94. The number of rotatable bonds is 4. The largest absolute Gasteiger partial charge is 0.392 e. The Balaban J connectivity index is 2.20. The molecule has 0 unspecified atom stereocenters. The second-order valence-corrected chi connectivity index (χ2v) is 4.44. The van der Waals surface area contributed by atoms with Gasteiger partial charge in [0.1, 0.15) is 11.6 Å². The Morgan fingerprint density at radius 3 is 2.78 bits per heavy atom. The van der Waals surface area contributed by atoms with E-state index in [2.05, 4.69) is 9.97 Å². The minimum Gasteiger partial charge on any atom is -0.392 e. The topological polar surface area (TPSA) is 54.2 Å². The molecule has 0 aromatic carbocycles. The SMILES string of the molecule is Cc1cc(CO)cc(N(C)Cc2nccn2C)n1. The van der Waals surface area contributed by atoms with Gasteiger partial charge in [-0.1, -0.05) is 0 Å². The predicted octanol–water partition coefficient (Wildman–Crippen LogP) is 1.25. The van der Waals surface area contributed by atoms with Gasteiger partial charge in [-0.3, -0.25) is 0 Å². The molecule has 0 atom stereocenters.